The maximum atomic E-state index is 9.06. The van der Waals surface area contributed by atoms with Crippen LogP contribution in [0.1, 0.15) is 32.6 Å². The minimum absolute atomic E-state index is 0. The molecule has 1 rings (SSSR count). The number of hydrogen-bond acceptors (Lipinski definition) is 1. The first-order valence-electron chi connectivity index (χ1n) is 3.18. The van der Waals surface area contributed by atoms with Gasteiger partial charge in [-0.15, -0.1) is 0 Å². The summed E-state index contributed by atoms with van der Waals surface area (Å²) < 4.78 is 0. The Labute approximate surface area is 99.0 Å². The summed E-state index contributed by atoms with van der Waals surface area (Å²) in [5.74, 6) is 0.635. The molecule has 1 nitrogen and oxygen atoms in total. The van der Waals surface area contributed by atoms with Crippen molar-refractivity contribution in [3.63, 3.8) is 0 Å². The van der Waals surface area contributed by atoms with Crippen molar-refractivity contribution >= 4 is 0 Å². The molecule has 0 amide bonds. The fraction of sp³-hybridized carbons (Fsp3) is 0.714. The van der Waals surface area contributed by atoms with E-state index < -0.39 is 0 Å². The maximum Gasteiger partial charge on any atom is 1.00 e. The molecule has 0 unspecified atom stereocenters. The van der Waals surface area contributed by atoms with Crippen LogP contribution in [-0.4, -0.2) is 5.11 Å². The molecule has 1 aliphatic rings. The van der Waals surface area contributed by atoms with E-state index in [2.05, 4.69) is 0 Å². The minimum Gasteiger partial charge on any atom is -0.512 e. The molecule has 46 valence electrons. The summed E-state index contributed by atoms with van der Waals surface area (Å²) in [6.07, 6.45) is 4.44. The number of aliphatic hydroxyl groups excluding tert-OH is 1. The quantitative estimate of drug-likeness (QED) is 0.458. The average molecular weight is 151 g/mol. The van der Waals surface area contributed by atoms with Gasteiger partial charge in [0.1, 0.15) is 0 Å². The van der Waals surface area contributed by atoms with Gasteiger partial charge in [0.25, 0.3) is 0 Å². The van der Waals surface area contributed by atoms with Gasteiger partial charge in [-0.3, -0.25) is 0 Å². The zero-order valence-electron chi connectivity index (χ0n) is 6.28. The van der Waals surface area contributed by atoms with Gasteiger partial charge in [-0.1, -0.05) is 0 Å². The summed E-state index contributed by atoms with van der Waals surface area (Å²) in [5.41, 5.74) is 1.19. The van der Waals surface area contributed by atoms with Crippen molar-refractivity contribution in [1.82, 2.24) is 0 Å². The number of hydrogen-bond donors (Lipinski definition) is 1. The second-order valence-electron chi connectivity index (χ2n) is 2.43. The van der Waals surface area contributed by atoms with Gasteiger partial charge in [-0.2, -0.15) is 0 Å². The van der Waals surface area contributed by atoms with Gasteiger partial charge < -0.3 is 5.11 Å². The van der Waals surface area contributed by atoms with Crippen molar-refractivity contribution < 1.29 is 56.5 Å². The summed E-state index contributed by atoms with van der Waals surface area (Å²) in [6.45, 7) is 2.01. The van der Waals surface area contributed by atoms with Crippen molar-refractivity contribution in [3.05, 3.63) is 11.3 Å². The van der Waals surface area contributed by atoms with E-state index >= 15 is 0 Å². The van der Waals surface area contributed by atoms with E-state index in [1.807, 2.05) is 6.92 Å². The third-order valence-corrected chi connectivity index (χ3v) is 1.71. The molecule has 0 spiro atoms. The van der Waals surface area contributed by atoms with Crippen LogP contribution in [-0.2, 0) is 0 Å². The van der Waals surface area contributed by atoms with Gasteiger partial charge in [0.2, 0.25) is 0 Å². The van der Waals surface area contributed by atoms with E-state index in [-0.39, 0.29) is 51.4 Å². The normalized spacial score (nSPS) is 19.2. The van der Waals surface area contributed by atoms with Crippen LogP contribution in [0.25, 0.3) is 0 Å². The molecule has 1 N–H and O–H groups in total. The maximum absolute atomic E-state index is 9.06. The van der Waals surface area contributed by atoms with E-state index in [1.54, 1.807) is 0 Å². The van der Waals surface area contributed by atoms with E-state index in [0.29, 0.717) is 5.76 Å². The molecule has 0 atom stereocenters. The Kier molecular flexibility index (Phi) is 5.55. The van der Waals surface area contributed by atoms with Crippen LogP contribution in [0.15, 0.2) is 11.3 Å². The van der Waals surface area contributed by atoms with Crippen LogP contribution in [0, 0.1) is 0 Å². The summed E-state index contributed by atoms with van der Waals surface area (Å²) in [4.78, 5) is 0. The first kappa shape index (κ1) is 10.2. The van der Waals surface area contributed by atoms with Crippen LogP contribution in [0.5, 0.6) is 0 Å². The zero-order chi connectivity index (χ0) is 5.98. The third-order valence-electron chi connectivity index (χ3n) is 1.71. The predicted molar refractivity (Wildman–Crippen MR) is 33.8 cm³/mol. The Morgan fingerprint density at radius 3 is 2.11 bits per heavy atom. The Balaban J connectivity index is 0.000000640. The molecule has 0 aromatic rings. The molecule has 0 aromatic carbocycles. The van der Waals surface area contributed by atoms with Crippen LogP contribution in [0.4, 0.5) is 0 Å². The van der Waals surface area contributed by atoms with Gasteiger partial charge >= 0.3 is 51.4 Å². The molecule has 0 saturated carbocycles. The smallest absolute Gasteiger partial charge is 0.512 e. The molecule has 0 bridgehead atoms. The molecule has 0 radical (unpaired) electrons. The molecule has 1 aliphatic carbocycles. The second kappa shape index (κ2) is 4.91. The van der Waals surface area contributed by atoms with Gasteiger partial charge in [0.05, 0.1) is 5.76 Å². The Morgan fingerprint density at radius 1 is 1.22 bits per heavy atom. The van der Waals surface area contributed by atoms with Gasteiger partial charge in [0.15, 0.2) is 0 Å². The van der Waals surface area contributed by atoms with E-state index in [9.17, 15) is 0 Å². The summed E-state index contributed by atoms with van der Waals surface area (Å²) in [7, 11) is 0. The molecule has 0 aliphatic heterocycles. The molecular weight excluding hydrogens is 139 g/mol. The average Bonchev–Trinajstić information content (AvgIpc) is 1.77. The Morgan fingerprint density at radius 2 is 1.78 bits per heavy atom. The number of rotatable bonds is 0. The van der Waals surface area contributed by atoms with Gasteiger partial charge in [0, 0.05) is 6.42 Å². The monoisotopic (exact) mass is 151 g/mol. The molecule has 2 heteroatoms. The van der Waals surface area contributed by atoms with E-state index in [4.69, 9.17) is 5.11 Å². The molecule has 0 aromatic heterocycles. The van der Waals surface area contributed by atoms with Gasteiger partial charge in [-0.05, 0) is 31.8 Å². The van der Waals surface area contributed by atoms with Crippen LogP contribution < -0.4 is 51.4 Å². The minimum atomic E-state index is 0. The van der Waals surface area contributed by atoms with Gasteiger partial charge in [-0.25, -0.2) is 0 Å². The Bertz CT molecular complexity index is 104. The molecule has 9 heavy (non-hydrogen) atoms. The van der Waals surface area contributed by atoms with Crippen molar-refractivity contribution in [2.75, 3.05) is 0 Å². The fourth-order valence-electron chi connectivity index (χ4n) is 1.04. The standard InChI is InChI=1S/C7H12O.K/c1-6-4-2-3-5-7(6)8;/h8H,2-5H2,1H3;/q;+1. The molecule has 0 fully saturated rings. The number of allylic oxidation sites excluding steroid dienone is 2. The fourth-order valence-corrected chi connectivity index (χ4v) is 1.04. The topological polar surface area (TPSA) is 20.2 Å². The summed E-state index contributed by atoms with van der Waals surface area (Å²) in [5, 5.41) is 9.06. The van der Waals surface area contributed by atoms with Crippen LogP contribution in [0.3, 0.4) is 0 Å². The summed E-state index contributed by atoms with van der Waals surface area (Å²) in [6, 6.07) is 0. The van der Waals surface area contributed by atoms with Crippen molar-refractivity contribution in [2.45, 2.75) is 32.6 Å². The Hall–Kier alpha value is 1.18. The largest absolute Gasteiger partial charge is 1.00 e. The third kappa shape index (κ3) is 3.19. The first-order chi connectivity index (χ1) is 3.80. The molecule has 0 saturated heterocycles. The second-order valence-corrected chi connectivity index (χ2v) is 2.43. The first-order valence-corrected chi connectivity index (χ1v) is 3.18. The van der Waals surface area contributed by atoms with Crippen LogP contribution >= 0.6 is 0 Å². The van der Waals surface area contributed by atoms with Crippen molar-refractivity contribution in [1.29, 1.82) is 0 Å². The number of aliphatic hydroxyl groups is 1. The molecular formula is C7H12KO+. The zero-order valence-corrected chi connectivity index (χ0v) is 9.40. The van der Waals surface area contributed by atoms with E-state index in [1.165, 1.54) is 18.4 Å². The SMILES string of the molecule is CC1=C(O)CCCC1.[K+]. The summed E-state index contributed by atoms with van der Waals surface area (Å²) >= 11 is 0. The van der Waals surface area contributed by atoms with Crippen molar-refractivity contribution in [3.8, 4) is 0 Å². The van der Waals surface area contributed by atoms with E-state index in [0.717, 1.165) is 12.8 Å². The molecule has 0 heterocycles. The predicted octanol–water partition coefficient (Wildman–Crippen LogP) is -0.604. The van der Waals surface area contributed by atoms with Crippen LogP contribution in [0.2, 0.25) is 0 Å². The van der Waals surface area contributed by atoms with Crippen molar-refractivity contribution in [2.24, 2.45) is 0 Å².